The molecule has 1 amide bonds. The van der Waals surface area contributed by atoms with Gasteiger partial charge in [-0.1, -0.05) is 55.5 Å². The van der Waals surface area contributed by atoms with Crippen molar-refractivity contribution in [1.29, 1.82) is 0 Å². The van der Waals surface area contributed by atoms with Crippen molar-refractivity contribution in [2.45, 2.75) is 32.0 Å². The lowest BCUT2D eigenvalue weighted by atomic mass is 9.90. The van der Waals surface area contributed by atoms with Crippen LogP contribution in [0.15, 0.2) is 79.0 Å². The van der Waals surface area contributed by atoms with E-state index in [0.717, 1.165) is 55.1 Å². The third-order valence-corrected chi connectivity index (χ3v) is 7.76. The molecule has 0 bridgehead atoms. The molecule has 9 heteroatoms. The number of fused-ring (bicyclic) bond motifs is 1. The number of benzene rings is 3. The molecule has 0 saturated carbocycles. The Hall–Kier alpha value is -3.73. The van der Waals surface area contributed by atoms with Gasteiger partial charge in [0.05, 0.1) is 49.3 Å². The van der Waals surface area contributed by atoms with Gasteiger partial charge in [0.15, 0.2) is 6.29 Å². The third kappa shape index (κ3) is 6.29. The van der Waals surface area contributed by atoms with Gasteiger partial charge in [0.2, 0.25) is 0 Å². The number of aliphatic hydroxyl groups is 1. The number of rotatable bonds is 7. The van der Waals surface area contributed by atoms with Crippen molar-refractivity contribution in [1.82, 2.24) is 14.9 Å². The quantitative estimate of drug-likeness (QED) is 0.344. The zero-order valence-electron chi connectivity index (χ0n) is 23.0. The molecule has 2 N–H and O–H groups in total. The van der Waals surface area contributed by atoms with E-state index in [0.29, 0.717) is 11.2 Å². The van der Waals surface area contributed by atoms with Crippen LogP contribution in [0.3, 0.4) is 0 Å². The summed E-state index contributed by atoms with van der Waals surface area (Å²) >= 11 is 0. The van der Waals surface area contributed by atoms with Gasteiger partial charge < -0.3 is 24.6 Å². The molecule has 0 unspecified atom stereocenters. The number of anilines is 1. The summed E-state index contributed by atoms with van der Waals surface area (Å²) in [7, 11) is 0. The maximum Gasteiger partial charge on any atom is 0.275 e. The first-order chi connectivity index (χ1) is 20.1. The fourth-order valence-electron chi connectivity index (χ4n) is 5.39. The van der Waals surface area contributed by atoms with Crippen molar-refractivity contribution >= 4 is 22.6 Å². The monoisotopic (exact) mass is 554 g/mol. The van der Waals surface area contributed by atoms with Gasteiger partial charge in [-0.15, -0.1) is 0 Å². The second kappa shape index (κ2) is 12.4. The van der Waals surface area contributed by atoms with E-state index in [2.05, 4.69) is 27.1 Å². The normalized spacial score (nSPS) is 23.4. The highest BCUT2D eigenvalue weighted by Gasteiger charge is 2.39. The average molecular weight is 555 g/mol. The van der Waals surface area contributed by atoms with Gasteiger partial charge in [0.1, 0.15) is 5.69 Å². The lowest BCUT2D eigenvalue weighted by molar-refractivity contribution is -0.277. The van der Waals surface area contributed by atoms with Crippen LogP contribution in [-0.4, -0.2) is 64.8 Å². The van der Waals surface area contributed by atoms with Crippen molar-refractivity contribution in [3.63, 3.8) is 0 Å². The molecule has 6 rings (SSSR count). The first-order valence-corrected chi connectivity index (χ1v) is 14.0. The number of carbonyl (C=O) groups excluding carboxylic acids is 1. The van der Waals surface area contributed by atoms with Crippen molar-refractivity contribution in [2.75, 3.05) is 38.2 Å². The van der Waals surface area contributed by atoms with Crippen LogP contribution in [0.2, 0.25) is 0 Å². The summed E-state index contributed by atoms with van der Waals surface area (Å²) in [6, 6.07) is 22.9. The summed E-state index contributed by atoms with van der Waals surface area (Å²) in [5, 5.41) is 12.5. The van der Waals surface area contributed by atoms with Crippen LogP contribution in [-0.2, 0) is 20.8 Å². The topological polar surface area (TPSA) is 106 Å². The lowest BCUT2D eigenvalue weighted by Gasteiger charge is -2.43. The lowest BCUT2D eigenvalue weighted by Crippen LogP contribution is -2.47. The largest absolute Gasteiger partial charge is 0.392 e. The number of nitrogens with zero attached hydrogens (tertiary/aromatic N) is 3. The van der Waals surface area contributed by atoms with Crippen LogP contribution < -0.4 is 5.32 Å². The molecule has 2 fully saturated rings. The molecule has 4 atom stereocenters. The third-order valence-electron chi connectivity index (χ3n) is 7.76. The molecule has 3 heterocycles. The van der Waals surface area contributed by atoms with E-state index < -0.39 is 6.29 Å². The molecule has 2 aliphatic rings. The Balaban J connectivity index is 1.23. The van der Waals surface area contributed by atoms with Crippen molar-refractivity contribution in [3.8, 4) is 0 Å². The number of aliphatic hydroxyl groups excluding tert-OH is 1. The summed E-state index contributed by atoms with van der Waals surface area (Å²) in [5.74, 6) is -0.255. The minimum atomic E-state index is -0.628. The highest BCUT2D eigenvalue weighted by atomic mass is 16.7. The summed E-state index contributed by atoms with van der Waals surface area (Å²) < 4.78 is 18.7. The standard InChI is InChI=1S/C32H34N4O5/c1-21-29(19-36-13-15-39-16-14-36)40-32(41-30(21)23-11-9-22(20-37)10-12-23)24-5-4-6-25(17-24)34-31(38)28-18-33-26-7-2-3-8-27(26)35-28/h2-12,17-18,21,29-30,32,37H,13-16,19-20H2,1H3,(H,34,38)/t21-,29+,30+,32+/m0/s1. The maximum atomic E-state index is 13.0. The summed E-state index contributed by atoms with van der Waals surface area (Å²) in [6.45, 7) is 6.10. The van der Waals surface area contributed by atoms with Gasteiger partial charge in [-0.3, -0.25) is 14.7 Å². The van der Waals surface area contributed by atoms with Crippen molar-refractivity contribution in [2.24, 2.45) is 5.92 Å². The Morgan fingerprint density at radius 3 is 2.54 bits per heavy atom. The molecular formula is C32H34N4O5. The number of hydrogen-bond donors (Lipinski definition) is 2. The minimum Gasteiger partial charge on any atom is -0.392 e. The predicted molar refractivity (Wildman–Crippen MR) is 154 cm³/mol. The number of ether oxygens (including phenoxy) is 3. The molecule has 4 aromatic rings. The molecule has 9 nitrogen and oxygen atoms in total. The molecule has 0 aliphatic carbocycles. The van der Waals surface area contributed by atoms with Gasteiger partial charge >= 0.3 is 0 Å². The molecule has 1 aromatic heterocycles. The molecular weight excluding hydrogens is 520 g/mol. The Kier molecular flexibility index (Phi) is 8.31. The first kappa shape index (κ1) is 27.4. The Morgan fingerprint density at radius 1 is 0.976 bits per heavy atom. The van der Waals surface area contributed by atoms with Crippen LogP contribution in [0.4, 0.5) is 5.69 Å². The number of hydrogen-bond acceptors (Lipinski definition) is 8. The van der Waals surface area contributed by atoms with E-state index in [1.807, 2.05) is 72.8 Å². The van der Waals surface area contributed by atoms with Crippen molar-refractivity contribution < 1.29 is 24.1 Å². The number of para-hydroxylation sites is 2. The predicted octanol–water partition coefficient (Wildman–Crippen LogP) is 4.50. The van der Waals surface area contributed by atoms with Crippen LogP contribution in [0.5, 0.6) is 0 Å². The van der Waals surface area contributed by atoms with E-state index in [9.17, 15) is 9.90 Å². The van der Waals surface area contributed by atoms with Gasteiger partial charge in [-0.2, -0.15) is 0 Å². The van der Waals surface area contributed by atoms with Crippen LogP contribution in [0, 0.1) is 5.92 Å². The smallest absolute Gasteiger partial charge is 0.275 e. The fourth-order valence-corrected chi connectivity index (χ4v) is 5.39. The van der Waals surface area contributed by atoms with Crippen LogP contribution in [0.1, 0.15) is 46.5 Å². The van der Waals surface area contributed by atoms with Crippen molar-refractivity contribution in [3.05, 3.63) is 101 Å². The first-order valence-electron chi connectivity index (χ1n) is 14.0. The zero-order valence-corrected chi connectivity index (χ0v) is 23.0. The SMILES string of the molecule is C[C@H]1[C@@H](CN2CCOCC2)O[C@@H](c2cccc(NC(=O)c3cnc4ccccc4n3)c2)O[C@H]1c1ccc(CO)cc1. The van der Waals surface area contributed by atoms with E-state index in [-0.39, 0.29) is 36.3 Å². The van der Waals surface area contributed by atoms with Crippen LogP contribution in [0.25, 0.3) is 11.0 Å². The second-order valence-corrected chi connectivity index (χ2v) is 10.6. The second-order valence-electron chi connectivity index (χ2n) is 10.6. The zero-order chi connectivity index (χ0) is 28.2. The van der Waals surface area contributed by atoms with Gasteiger partial charge in [0.25, 0.3) is 5.91 Å². The number of morpholine rings is 1. The Bertz CT molecular complexity index is 1490. The Morgan fingerprint density at radius 2 is 1.76 bits per heavy atom. The van der Waals surface area contributed by atoms with Crippen LogP contribution >= 0.6 is 0 Å². The molecule has 0 radical (unpaired) electrons. The molecule has 0 spiro atoms. The van der Waals surface area contributed by atoms with E-state index in [1.54, 1.807) is 0 Å². The number of carbonyl (C=O) groups is 1. The van der Waals surface area contributed by atoms with E-state index in [4.69, 9.17) is 14.2 Å². The maximum absolute atomic E-state index is 13.0. The minimum absolute atomic E-state index is 0.00392. The summed E-state index contributed by atoms with van der Waals surface area (Å²) in [5.41, 5.74) is 4.95. The van der Waals surface area contributed by atoms with Gasteiger partial charge in [0, 0.05) is 36.8 Å². The molecule has 41 heavy (non-hydrogen) atoms. The number of amides is 1. The van der Waals surface area contributed by atoms with E-state index in [1.165, 1.54) is 6.20 Å². The molecule has 2 aliphatic heterocycles. The number of nitrogens with one attached hydrogen (secondary N) is 1. The van der Waals surface area contributed by atoms with E-state index >= 15 is 0 Å². The number of aromatic nitrogens is 2. The highest BCUT2D eigenvalue weighted by molar-refractivity contribution is 6.03. The Labute approximate surface area is 239 Å². The van der Waals surface area contributed by atoms with Gasteiger partial charge in [-0.25, -0.2) is 4.98 Å². The average Bonchev–Trinajstić information content (AvgIpc) is 3.02. The molecule has 3 aromatic carbocycles. The summed E-state index contributed by atoms with van der Waals surface area (Å²) in [4.78, 5) is 24.2. The molecule has 212 valence electrons. The summed E-state index contributed by atoms with van der Waals surface area (Å²) in [6.07, 6.45) is 0.565. The highest BCUT2D eigenvalue weighted by Crippen LogP contribution is 2.42. The fraction of sp³-hybridized carbons (Fsp3) is 0.344. The van der Waals surface area contributed by atoms with Gasteiger partial charge in [-0.05, 0) is 35.4 Å². The molecule has 2 saturated heterocycles.